The summed E-state index contributed by atoms with van der Waals surface area (Å²) >= 11 is 0. The van der Waals surface area contributed by atoms with Gasteiger partial charge in [-0.25, -0.2) is 0 Å². The minimum absolute atomic E-state index is 0.126. The molecule has 19 heavy (non-hydrogen) atoms. The van der Waals surface area contributed by atoms with E-state index in [1.54, 1.807) is 13.3 Å². The van der Waals surface area contributed by atoms with E-state index in [9.17, 15) is 4.79 Å². The number of ether oxygens (including phenoxy) is 1. The molecule has 1 saturated carbocycles. The van der Waals surface area contributed by atoms with Crippen LogP contribution in [-0.4, -0.2) is 42.0 Å². The highest BCUT2D eigenvalue weighted by Crippen LogP contribution is 2.30. The molecule has 2 fully saturated rings. The van der Waals surface area contributed by atoms with Gasteiger partial charge in [0.1, 0.15) is 0 Å². The molecule has 2 heterocycles. The zero-order valence-electron chi connectivity index (χ0n) is 11.1. The van der Waals surface area contributed by atoms with Gasteiger partial charge in [-0.1, -0.05) is 0 Å². The molecular formula is C13H20N4O2. The maximum Gasteiger partial charge on any atom is 0.227 e. The van der Waals surface area contributed by atoms with Gasteiger partial charge in [-0.3, -0.25) is 9.48 Å². The van der Waals surface area contributed by atoms with Gasteiger partial charge in [0.05, 0.1) is 24.5 Å². The van der Waals surface area contributed by atoms with Crippen molar-refractivity contribution in [1.29, 1.82) is 0 Å². The predicted octanol–water partition coefficient (Wildman–Crippen LogP) is 0.781. The maximum absolute atomic E-state index is 11.7. The number of methoxy groups -OCH3 is 1. The predicted molar refractivity (Wildman–Crippen MR) is 70.9 cm³/mol. The molecule has 2 aliphatic rings. The van der Waals surface area contributed by atoms with E-state index in [0.29, 0.717) is 12.1 Å². The molecule has 0 unspecified atom stereocenters. The number of nitrogens with zero attached hydrogens (tertiary/aromatic N) is 2. The van der Waals surface area contributed by atoms with Crippen molar-refractivity contribution in [2.75, 3.05) is 25.6 Å². The number of anilines is 1. The molecule has 6 nitrogen and oxygen atoms in total. The third-order valence-corrected chi connectivity index (χ3v) is 3.76. The second kappa shape index (κ2) is 5.30. The van der Waals surface area contributed by atoms with E-state index in [2.05, 4.69) is 15.7 Å². The fourth-order valence-corrected chi connectivity index (χ4v) is 2.52. The monoisotopic (exact) mass is 264 g/mol. The Morgan fingerprint density at radius 2 is 2.47 bits per heavy atom. The van der Waals surface area contributed by atoms with Crippen LogP contribution < -0.4 is 10.6 Å². The highest BCUT2D eigenvalue weighted by molar-refractivity contribution is 5.93. The molecule has 1 aromatic rings. The van der Waals surface area contributed by atoms with Crippen molar-refractivity contribution in [1.82, 2.24) is 15.1 Å². The summed E-state index contributed by atoms with van der Waals surface area (Å²) in [6.07, 6.45) is 6.69. The second-order valence-electron chi connectivity index (χ2n) is 5.42. The lowest BCUT2D eigenvalue weighted by atomic mass is 10.2. The van der Waals surface area contributed by atoms with Gasteiger partial charge in [-0.05, 0) is 19.3 Å². The van der Waals surface area contributed by atoms with E-state index in [0.717, 1.165) is 38.1 Å². The van der Waals surface area contributed by atoms with E-state index in [1.165, 1.54) is 0 Å². The Morgan fingerprint density at radius 1 is 1.63 bits per heavy atom. The fraction of sp³-hybridized carbons (Fsp3) is 0.692. The number of nitrogens with one attached hydrogen (secondary N) is 2. The van der Waals surface area contributed by atoms with Gasteiger partial charge in [-0.2, -0.15) is 5.10 Å². The zero-order chi connectivity index (χ0) is 13.2. The summed E-state index contributed by atoms with van der Waals surface area (Å²) in [7, 11) is 1.72. The number of rotatable bonds is 5. The first-order valence-electron chi connectivity index (χ1n) is 6.83. The summed E-state index contributed by atoms with van der Waals surface area (Å²) in [6, 6.07) is 0.732. The van der Waals surface area contributed by atoms with E-state index in [-0.39, 0.29) is 11.8 Å². The lowest BCUT2D eigenvalue weighted by Gasteiger charge is -2.09. The topological polar surface area (TPSA) is 68.2 Å². The van der Waals surface area contributed by atoms with Crippen molar-refractivity contribution < 1.29 is 9.53 Å². The largest absolute Gasteiger partial charge is 0.383 e. The summed E-state index contributed by atoms with van der Waals surface area (Å²) < 4.78 is 7.09. The van der Waals surface area contributed by atoms with Crippen LogP contribution in [0.2, 0.25) is 0 Å². The van der Waals surface area contributed by atoms with Gasteiger partial charge in [0.2, 0.25) is 5.91 Å². The zero-order valence-corrected chi connectivity index (χ0v) is 11.1. The number of hydrogen-bond donors (Lipinski definition) is 2. The molecule has 1 aliphatic carbocycles. The van der Waals surface area contributed by atoms with Crippen LogP contribution in [0.5, 0.6) is 0 Å². The number of carbonyl (C=O) groups is 1. The van der Waals surface area contributed by atoms with Gasteiger partial charge in [0.15, 0.2) is 0 Å². The molecule has 6 heteroatoms. The van der Waals surface area contributed by atoms with Crippen molar-refractivity contribution in [2.24, 2.45) is 5.92 Å². The van der Waals surface area contributed by atoms with Crippen LogP contribution in [0.4, 0.5) is 5.69 Å². The van der Waals surface area contributed by atoms with Crippen molar-refractivity contribution in [3.63, 3.8) is 0 Å². The quantitative estimate of drug-likeness (QED) is 0.824. The number of amides is 1. The van der Waals surface area contributed by atoms with Crippen LogP contribution in [-0.2, 0) is 9.53 Å². The Bertz CT molecular complexity index is 455. The van der Waals surface area contributed by atoms with Crippen LogP contribution in [0, 0.1) is 5.92 Å². The van der Waals surface area contributed by atoms with Crippen molar-refractivity contribution in [3.05, 3.63) is 12.4 Å². The molecule has 1 aromatic heterocycles. The lowest BCUT2D eigenvalue weighted by Crippen LogP contribution is -2.25. The summed E-state index contributed by atoms with van der Waals surface area (Å²) in [4.78, 5) is 11.7. The van der Waals surface area contributed by atoms with Gasteiger partial charge >= 0.3 is 0 Å². The Kier molecular flexibility index (Phi) is 3.52. The smallest absolute Gasteiger partial charge is 0.227 e. The van der Waals surface area contributed by atoms with Crippen molar-refractivity contribution in [3.8, 4) is 0 Å². The van der Waals surface area contributed by atoms with Crippen molar-refractivity contribution >= 4 is 11.6 Å². The van der Waals surface area contributed by atoms with Gasteiger partial charge in [0.25, 0.3) is 0 Å². The Balaban J connectivity index is 1.57. The van der Waals surface area contributed by atoms with Gasteiger partial charge in [-0.15, -0.1) is 0 Å². The summed E-state index contributed by atoms with van der Waals surface area (Å²) in [5.41, 5.74) is 0.798. The van der Waals surface area contributed by atoms with E-state index in [4.69, 9.17) is 4.74 Å². The maximum atomic E-state index is 11.7. The highest BCUT2D eigenvalue weighted by Gasteiger charge is 2.30. The molecule has 104 valence electrons. The number of aromatic nitrogens is 2. The summed E-state index contributed by atoms with van der Waals surface area (Å²) in [5, 5.41) is 10.7. The Labute approximate surface area is 112 Å². The van der Waals surface area contributed by atoms with Crippen molar-refractivity contribution in [2.45, 2.75) is 31.3 Å². The third kappa shape index (κ3) is 2.96. The first kappa shape index (κ1) is 12.6. The van der Waals surface area contributed by atoms with E-state index >= 15 is 0 Å². The molecule has 0 bridgehead atoms. The van der Waals surface area contributed by atoms with Gasteiger partial charge < -0.3 is 15.4 Å². The summed E-state index contributed by atoms with van der Waals surface area (Å²) in [6.45, 7) is 1.62. The fourth-order valence-electron chi connectivity index (χ4n) is 2.52. The molecule has 1 saturated heterocycles. The molecule has 2 atom stereocenters. The molecule has 1 amide bonds. The van der Waals surface area contributed by atoms with Crippen LogP contribution >= 0.6 is 0 Å². The van der Waals surface area contributed by atoms with Crippen LogP contribution in [0.25, 0.3) is 0 Å². The second-order valence-corrected chi connectivity index (χ2v) is 5.42. The normalized spacial score (nSPS) is 26.6. The minimum Gasteiger partial charge on any atom is -0.383 e. The number of carbonyl (C=O) groups excluding carboxylic acids is 1. The molecular weight excluding hydrogens is 244 g/mol. The van der Waals surface area contributed by atoms with Crippen LogP contribution in [0.1, 0.15) is 25.3 Å². The average molecular weight is 264 g/mol. The Morgan fingerprint density at radius 3 is 3.21 bits per heavy atom. The minimum atomic E-state index is 0.126. The van der Waals surface area contributed by atoms with Crippen LogP contribution in [0.15, 0.2) is 12.4 Å². The molecule has 1 aliphatic heterocycles. The molecule has 0 spiro atoms. The SMILES string of the molecule is COC[C@@H]1C[C@H](n2cc(NC(=O)C3CC3)cn2)CN1. The molecule has 2 N–H and O–H groups in total. The Hall–Kier alpha value is -1.40. The highest BCUT2D eigenvalue weighted by atomic mass is 16.5. The standard InChI is InChI=1S/C13H20N4O2/c1-19-8-10-4-12(6-14-10)17-7-11(5-15-17)16-13(18)9-2-3-9/h5,7,9-10,12,14H,2-4,6,8H2,1H3,(H,16,18)/t10-,12-/m0/s1. The number of hydrogen-bond acceptors (Lipinski definition) is 4. The molecule has 0 radical (unpaired) electrons. The van der Waals surface area contributed by atoms with E-state index < -0.39 is 0 Å². The average Bonchev–Trinajstić information content (AvgIpc) is 2.98. The first-order chi connectivity index (χ1) is 9.26. The van der Waals surface area contributed by atoms with Crippen LogP contribution in [0.3, 0.4) is 0 Å². The first-order valence-corrected chi connectivity index (χ1v) is 6.83. The summed E-state index contributed by atoms with van der Waals surface area (Å²) in [5.74, 6) is 0.351. The molecule has 3 rings (SSSR count). The lowest BCUT2D eigenvalue weighted by molar-refractivity contribution is -0.117. The third-order valence-electron chi connectivity index (χ3n) is 3.76. The van der Waals surface area contributed by atoms with Gasteiger partial charge in [0, 0.05) is 31.8 Å². The molecule has 0 aromatic carbocycles. The van der Waals surface area contributed by atoms with E-state index in [1.807, 2.05) is 10.9 Å².